The van der Waals surface area contributed by atoms with Gasteiger partial charge in [0.2, 0.25) is 0 Å². The van der Waals surface area contributed by atoms with E-state index in [0.29, 0.717) is 30.4 Å². The summed E-state index contributed by atoms with van der Waals surface area (Å²) < 4.78 is 9.13. The first-order chi connectivity index (χ1) is 11.6. The van der Waals surface area contributed by atoms with Gasteiger partial charge in [0.05, 0.1) is 13.2 Å². The lowest BCUT2D eigenvalue weighted by Gasteiger charge is -2.11. The monoisotopic (exact) mass is 345 g/mol. The second kappa shape index (κ2) is 7.11. The van der Waals surface area contributed by atoms with Gasteiger partial charge in [-0.25, -0.2) is 0 Å². The molecule has 0 aliphatic heterocycles. The molecule has 0 atom stereocenters. The van der Waals surface area contributed by atoms with E-state index in [1.165, 1.54) is 0 Å². The number of rotatable bonds is 6. The molecular weight excluding hydrogens is 326 g/mol. The number of amides is 1. The second-order valence-corrected chi connectivity index (χ2v) is 6.11. The molecule has 2 heterocycles. The van der Waals surface area contributed by atoms with Gasteiger partial charge in [0.1, 0.15) is 5.69 Å². The van der Waals surface area contributed by atoms with Gasteiger partial charge in [-0.2, -0.15) is 0 Å². The number of carbonyl (C=O) groups excluding carboxylic acids is 1. The maximum Gasteiger partial charge on any atom is 0.268 e. The Morgan fingerprint density at radius 3 is 2.83 bits per heavy atom. The van der Waals surface area contributed by atoms with Gasteiger partial charge in [-0.1, -0.05) is 11.6 Å². The average Bonchev–Trinajstić information content (AvgIpc) is 3.13. The summed E-state index contributed by atoms with van der Waals surface area (Å²) in [6, 6.07) is 11.4. The summed E-state index contributed by atoms with van der Waals surface area (Å²) in [5.74, 6) is -0.111. The van der Waals surface area contributed by atoms with E-state index in [1.807, 2.05) is 58.8 Å². The van der Waals surface area contributed by atoms with Crippen LogP contribution >= 0.6 is 11.6 Å². The van der Waals surface area contributed by atoms with E-state index in [0.717, 1.165) is 16.6 Å². The lowest BCUT2D eigenvalue weighted by molar-refractivity contribution is 0.0938. The van der Waals surface area contributed by atoms with Crippen molar-refractivity contribution in [1.82, 2.24) is 14.5 Å². The van der Waals surface area contributed by atoms with Gasteiger partial charge in [-0.3, -0.25) is 4.79 Å². The lowest BCUT2D eigenvalue weighted by Crippen LogP contribution is -2.26. The zero-order valence-electron chi connectivity index (χ0n) is 13.8. The summed E-state index contributed by atoms with van der Waals surface area (Å²) >= 11 is 6.07. The molecule has 6 heteroatoms. The van der Waals surface area contributed by atoms with Crippen molar-refractivity contribution in [2.45, 2.75) is 13.1 Å². The first kappa shape index (κ1) is 16.6. The summed E-state index contributed by atoms with van der Waals surface area (Å²) in [6.07, 6.45) is 1.96. The zero-order chi connectivity index (χ0) is 17.1. The van der Waals surface area contributed by atoms with Gasteiger partial charge < -0.3 is 19.2 Å². The van der Waals surface area contributed by atoms with Crippen LogP contribution in [0.1, 0.15) is 16.2 Å². The number of benzene rings is 1. The van der Waals surface area contributed by atoms with E-state index < -0.39 is 0 Å². The highest BCUT2D eigenvalue weighted by molar-refractivity contribution is 6.31. The molecule has 5 nitrogen and oxygen atoms in total. The number of halogens is 1. The molecule has 3 aromatic rings. The number of methoxy groups -OCH3 is 1. The molecule has 0 bridgehead atoms. The number of nitrogens with zero attached hydrogens (tertiary/aromatic N) is 2. The third-order valence-corrected chi connectivity index (χ3v) is 4.33. The van der Waals surface area contributed by atoms with Crippen LogP contribution in [0.5, 0.6) is 0 Å². The van der Waals surface area contributed by atoms with E-state index in [9.17, 15) is 4.79 Å². The van der Waals surface area contributed by atoms with Gasteiger partial charge in [0.25, 0.3) is 5.91 Å². The number of aryl methyl sites for hydroxylation is 1. The van der Waals surface area contributed by atoms with Crippen LogP contribution in [0.2, 0.25) is 5.02 Å². The zero-order valence-corrected chi connectivity index (χ0v) is 14.5. The Labute approximate surface area is 145 Å². The number of carbonyl (C=O) groups is 1. The predicted octanol–water partition coefficient (Wildman–Crippen LogP) is 3.21. The largest absolute Gasteiger partial charge is 0.383 e. The fourth-order valence-corrected chi connectivity index (χ4v) is 2.98. The molecule has 0 unspecified atom stereocenters. The van der Waals surface area contributed by atoms with Crippen LogP contribution in [0.25, 0.3) is 10.9 Å². The van der Waals surface area contributed by atoms with E-state index >= 15 is 0 Å². The van der Waals surface area contributed by atoms with Crippen LogP contribution in [-0.4, -0.2) is 28.8 Å². The van der Waals surface area contributed by atoms with Crippen molar-refractivity contribution < 1.29 is 9.53 Å². The quantitative estimate of drug-likeness (QED) is 0.745. The van der Waals surface area contributed by atoms with Crippen molar-refractivity contribution in [3.8, 4) is 0 Å². The molecule has 1 amide bonds. The minimum absolute atomic E-state index is 0.111. The molecule has 24 heavy (non-hydrogen) atoms. The third kappa shape index (κ3) is 3.32. The molecule has 0 spiro atoms. The maximum absolute atomic E-state index is 12.7. The second-order valence-electron chi connectivity index (χ2n) is 5.67. The molecule has 0 aliphatic rings. The van der Waals surface area contributed by atoms with Gasteiger partial charge in [0.15, 0.2) is 0 Å². The van der Waals surface area contributed by atoms with Gasteiger partial charge in [-0.05, 0) is 36.4 Å². The standard InChI is InChI=1S/C18H20ClN3O2/c1-21-7-3-4-15(21)12-20-18(23)17-11-13-10-14(19)5-6-16(13)22(17)8-9-24-2/h3-7,10-11H,8-9,12H2,1-2H3,(H,20,23). The molecule has 3 rings (SSSR count). The summed E-state index contributed by atoms with van der Waals surface area (Å²) in [6.45, 7) is 1.62. The topological polar surface area (TPSA) is 48.2 Å². The molecule has 0 aliphatic carbocycles. The van der Waals surface area contributed by atoms with Crippen molar-refractivity contribution >= 4 is 28.4 Å². The first-order valence-corrected chi connectivity index (χ1v) is 8.14. The van der Waals surface area contributed by atoms with Gasteiger partial charge >= 0.3 is 0 Å². The average molecular weight is 346 g/mol. The molecule has 0 fully saturated rings. The fraction of sp³-hybridized carbons (Fsp3) is 0.278. The van der Waals surface area contributed by atoms with Crippen molar-refractivity contribution in [2.75, 3.05) is 13.7 Å². The molecular formula is C18H20ClN3O2. The summed E-state index contributed by atoms with van der Waals surface area (Å²) in [7, 11) is 3.61. The first-order valence-electron chi connectivity index (χ1n) is 7.76. The molecule has 1 N–H and O–H groups in total. The number of aromatic nitrogens is 2. The highest BCUT2D eigenvalue weighted by atomic mass is 35.5. The maximum atomic E-state index is 12.7. The van der Waals surface area contributed by atoms with Crippen LogP contribution in [-0.2, 0) is 24.9 Å². The van der Waals surface area contributed by atoms with Crippen molar-refractivity contribution in [1.29, 1.82) is 0 Å². The summed E-state index contributed by atoms with van der Waals surface area (Å²) in [5.41, 5.74) is 2.63. The van der Waals surface area contributed by atoms with Crippen LogP contribution in [0.15, 0.2) is 42.6 Å². The Bertz CT molecular complexity index is 866. The van der Waals surface area contributed by atoms with E-state index in [1.54, 1.807) is 7.11 Å². The highest BCUT2D eigenvalue weighted by Gasteiger charge is 2.16. The minimum atomic E-state index is -0.111. The van der Waals surface area contributed by atoms with Crippen LogP contribution < -0.4 is 5.32 Å². The number of ether oxygens (including phenoxy) is 1. The third-order valence-electron chi connectivity index (χ3n) is 4.10. The Kier molecular flexibility index (Phi) is 4.92. The molecule has 126 valence electrons. The number of fused-ring (bicyclic) bond motifs is 1. The minimum Gasteiger partial charge on any atom is -0.383 e. The van der Waals surface area contributed by atoms with Crippen LogP contribution in [0, 0.1) is 0 Å². The smallest absolute Gasteiger partial charge is 0.268 e. The normalized spacial score (nSPS) is 11.1. The molecule has 0 saturated carbocycles. The SMILES string of the molecule is COCCn1c(C(=O)NCc2cccn2C)cc2cc(Cl)ccc21. The number of hydrogen-bond acceptors (Lipinski definition) is 2. The number of nitrogens with one attached hydrogen (secondary N) is 1. The van der Waals surface area contributed by atoms with Crippen molar-refractivity contribution in [3.63, 3.8) is 0 Å². The fourth-order valence-electron chi connectivity index (χ4n) is 2.79. The van der Waals surface area contributed by atoms with E-state index in [4.69, 9.17) is 16.3 Å². The molecule has 1 aromatic carbocycles. The molecule has 0 saturated heterocycles. The van der Waals surface area contributed by atoms with Gasteiger partial charge in [0, 0.05) is 48.5 Å². The summed E-state index contributed by atoms with van der Waals surface area (Å²) in [5, 5.41) is 4.58. The van der Waals surface area contributed by atoms with Crippen molar-refractivity contribution in [2.24, 2.45) is 7.05 Å². The Balaban J connectivity index is 1.88. The number of hydrogen-bond donors (Lipinski definition) is 1. The highest BCUT2D eigenvalue weighted by Crippen LogP contribution is 2.23. The van der Waals surface area contributed by atoms with E-state index in [-0.39, 0.29) is 5.91 Å². The molecule has 2 aromatic heterocycles. The van der Waals surface area contributed by atoms with Crippen molar-refractivity contribution in [3.05, 3.63) is 59.0 Å². The summed E-state index contributed by atoms with van der Waals surface area (Å²) in [4.78, 5) is 12.7. The Morgan fingerprint density at radius 1 is 1.29 bits per heavy atom. The lowest BCUT2D eigenvalue weighted by atomic mass is 10.2. The van der Waals surface area contributed by atoms with Gasteiger partial charge in [-0.15, -0.1) is 0 Å². The van der Waals surface area contributed by atoms with Crippen LogP contribution in [0.4, 0.5) is 0 Å². The Morgan fingerprint density at radius 2 is 2.12 bits per heavy atom. The van der Waals surface area contributed by atoms with E-state index in [2.05, 4.69) is 5.32 Å². The Hall–Kier alpha value is -2.24. The predicted molar refractivity (Wildman–Crippen MR) is 95.4 cm³/mol. The van der Waals surface area contributed by atoms with Crippen LogP contribution in [0.3, 0.4) is 0 Å². The molecule has 0 radical (unpaired) electrons.